The zero-order chi connectivity index (χ0) is 15.1. The fourth-order valence-corrected chi connectivity index (χ4v) is 3.24. The van der Waals surface area contributed by atoms with E-state index >= 15 is 0 Å². The maximum Gasteiger partial charge on any atom is 0.120 e. The maximum absolute atomic E-state index is 9.93. The van der Waals surface area contributed by atoms with Crippen molar-refractivity contribution >= 4 is 15.9 Å². The molecule has 0 spiro atoms. The lowest BCUT2D eigenvalue weighted by Crippen LogP contribution is -2.35. The van der Waals surface area contributed by atoms with E-state index in [-0.39, 0.29) is 13.2 Å². The Kier molecular flexibility index (Phi) is 6.96. The van der Waals surface area contributed by atoms with E-state index in [2.05, 4.69) is 21.2 Å². The van der Waals surface area contributed by atoms with Gasteiger partial charge in [0.15, 0.2) is 0 Å². The molecule has 1 saturated carbocycles. The summed E-state index contributed by atoms with van der Waals surface area (Å²) in [5.41, 5.74) is 0. The van der Waals surface area contributed by atoms with E-state index in [0.717, 1.165) is 23.2 Å². The largest absolute Gasteiger partial charge is 0.491 e. The number of rotatable bonds is 8. The molecule has 0 bridgehead atoms. The van der Waals surface area contributed by atoms with E-state index < -0.39 is 6.10 Å². The van der Waals surface area contributed by atoms with Gasteiger partial charge in [-0.15, -0.1) is 0 Å². The van der Waals surface area contributed by atoms with E-state index in [1.165, 1.54) is 12.8 Å². The molecule has 0 aromatic heterocycles. The quantitative estimate of drug-likeness (QED) is 0.667. The van der Waals surface area contributed by atoms with Crippen LogP contribution in [-0.4, -0.2) is 42.6 Å². The summed E-state index contributed by atoms with van der Waals surface area (Å²) in [6.45, 7) is 1.93. The molecule has 3 N–H and O–H groups in total. The van der Waals surface area contributed by atoms with Crippen LogP contribution in [0.15, 0.2) is 28.7 Å². The Morgan fingerprint density at radius 3 is 2.90 bits per heavy atom. The Balaban J connectivity index is 1.62. The van der Waals surface area contributed by atoms with E-state index in [0.29, 0.717) is 18.4 Å². The van der Waals surface area contributed by atoms with Crippen LogP contribution in [0, 0.1) is 11.8 Å². The predicted molar refractivity (Wildman–Crippen MR) is 86.4 cm³/mol. The van der Waals surface area contributed by atoms with Crippen molar-refractivity contribution in [3.63, 3.8) is 0 Å². The van der Waals surface area contributed by atoms with Crippen LogP contribution >= 0.6 is 15.9 Å². The van der Waals surface area contributed by atoms with Gasteiger partial charge in [-0.3, -0.25) is 0 Å². The summed E-state index contributed by atoms with van der Waals surface area (Å²) in [4.78, 5) is 0. The van der Waals surface area contributed by atoms with Crippen LogP contribution in [0.25, 0.3) is 0 Å². The van der Waals surface area contributed by atoms with Gasteiger partial charge in [-0.25, -0.2) is 0 Å². The van der Waals surface area contributed by atoms with Crippen molar-refractivity contribution < 1.29 is 14.9 Å². The van der Waals surface area contributed by atoms with Crippen LogP contribution in [0.4, 0.5) is 0 Å². The number of hydrogen-bond donors (Lipinski definition) is 3. The third kappa shape index (κ3) is 5.58. The first kappa shape index (κ1) is 16.7. The molecule has 0 aliphatic heterocycles. The monoisotopic (exact) mass is 357 g/mol. The Labute approximate surface area is 134 Å². The van der Waals surface area contributed by atoms with Crippen molar-refractivity contribution in [2.45, 2.75) is 25.4 Å². The molecule has 4 nitrogen and oxygen atoms in total. The fraction of sp³-hybridized carbons (Fsp3) is 0.625. The molecule has 118 valence electrons. The average Bonchev–Trinajstić information content (AvgIpc) is 2.93. The van der Waals surface area contributed by atoms with Crippen LogP contribution in [0.3, 0.4) is 0 Å². The van der Waals surface area contributed by atoms with Crippen molar-refractivity contribution in [2.75, 3.05) is 26.3 Å². The lowest BCUT2D eigenvalue weighted by Gasteiger charge is -2.19. The van der Waals surface area contributed by atoms with Gasteiger partial charge in [0.25, 0.3) is 0 Å². The van der Waals surface area contributed by atoms with Crippen LogP contribution < -0.4 is 10.1 Å². The van der Waals surface area contributed by atoms with Crippen LogP contribution in [0.5, 0.6) is 5.75 Å². The molecule has 5 heteroatoms. The van der Waals surface area contributed by atoms with Crippen molar-refractivity contribution in [3.8, 4) is 5.75 Å². The van der Waals surface area contributed by atoms with Crippen molar-refractivity contribution in [1.29, 1.82) is 0 Å². The molecule has 2 rings (SSSR count). The Morgan fingerprint density at radius 1 is 1.33 bits per heavy atom. The molecular weight excluding hydrogens is 334 g/mol. The second kappa shape index (κ2) is 8.73. The third-order valence-electron chi connectivity index (χ3n) is 4.08. The van der Waals surface area contributed by atoms with Gasteiger partial charge in [-0.1, -0.05) is 28.4 Å². The molecular formula is C16H24BrNO3. The van der Waals surface area contributed by atoms with Gasteiger partial charge in [0.2, 0.25) is 0 Å². The van der Waals surface area contributed by atoms with Gasteiger partial charge in [0, 0.05) is 17.6 Å². The summed E-state index contributed by atoms with van der Waals surface area (Å²) < 4.78 is 6.52. The zero-order valence-electron chi connectivity index (χ0n) is 12.2. The number of benzene rings is 1. The predicted octanol–water partition coefficient (Wildman–Crippen LogP) is 2.19. The van der Waals surface area contributed by atoms with Crippen molar-refractivity contribution in [3.05, 3.63) is 28.7 Å². The Morgan fingerprint density at radius 2 is 2.14 bits per heavy atom. The highest BCUT2D eigenvalue weighted by molar-refractivity contribution is 9.10. The minimum Gasteiger partial charge on any atom is -0.491 e. The summed E-state index contributed by atoms with van der Waals surface area (Å²) in [5, 5.41) is 22.5. The third-order valence-corrected chi connectivity index (χ3v) is 4.57. The normalized spacial score (nSPS) is 23.2. The highest BCUT2D eigenvalue weighted by atomic mass is 79.9. The smallest absolute Gasteiger partial charge is 0.120 e. The molecule has 3 atom stereocenters. The lowest BCUT2D eigenvalue weighted by molar-refractivity contribution is 0.104. The van der Waals surface area contributed by atoms with Gasteiger partial charge in [-0.2, -0.15) is 0 Å². The van der Waals surface area contributed by atoms with Gasteiger partial charge in [-0.05, 0) is 49.4 Å². The number of ether oxygens (including phenoxy) is 1. The highest BCUT2D eigenvalue weighted by Gasteiger charge is 2.26. The molecule has 1 aromatic carbocycles. The molecule has 0 radical (unpaired) electrons. The van der Waals surface area contributed by atoms with Crippen molar-refractivity contribution in [1.82, 2.24) is 5.32 Å². The first-order chi connectivity index (χ1) is 10.2. The number of nitrogens with one attached hydrogen (secondary N) is 1. The molecule has 1 aliphatic carbocycles. The molecule has 21 heavy (non-hydrogen) atoms. The zero-order valence-corrected chi connectivity index (χ0v) is 13.8. The number of halogens is 1. The van der Waals surface area contributed by atoms with Crippen molar-refractivity contribution in [2.24, 2.45) is 11.8 Å². The van der Waals surface area contributed by atoms with Crippen LogP contribution in [0.1, 0.15) is 19.3 Å². The van der Waals surface area contributed by atoms with Gasteiger partial charge >= 0.3 is 0 Å². The molecule has 1 aliphatic rings. The second-order valence-electron chi connectivity index (χ2n) is 5.71. The standard InChI is InChI=1S/C16H24BrNO3/c17-14-5-2-6-16(7-14)21-11-15(20)9-18-8-12-3-1-4-13(12)10-19/h2,5-7,12-13,15,18-20H,1,3-4,8-11H2. The Bertz CT molecular complexity index is 430. The summed E-state index contributed by atoms with van der Waals surface area (Å²) in [6, 6.07) is 7.59. The first-order valence-electron chi connectivity index (χ1n) is 7.57. The van der Waals surface area contributed by atoms with Gasteiger partial charge in [0.1, 0.15) is 18.5 Å². The SMILES string of the molecule is OCC1CCCC1CNCC(O)COc1cccc(Br)c1. The molecule has 3 unspecified atom stereocenters. The maximum atomic E-state index is 9.93. The highest BCUT2D eigenvalue weighted by Crippen LogP contribution is 2.30. The molecule has 0 amide bonds. The van der Waals surface area contributed by atoms with E-state index in [1.807, 2.05) is 24.3 Å². The minimum atomic E-state index is -0.530. The number of hydrogen-bond acceptors (Lipinski definition) is 4. The fourth-order valence-electron chi connectivity index (χ4n) is 2.87. The summed E-state index contributed by atoms with van der Waals surface area (Å²) >= 11 is 3.39. The van der Waals surface area contributed by atoms with E-state index in [9.17, 15) is 10.2 Å². The summed E-state index contributed by atoms with van der Waals surface area (Å²) in [7, 11) is 0. The second-order valence-corrected chi connectivity index (χ2v) is 6.63. The Hall–Kier alpha value is -0.620. The number of aliphatic hydroxyl groups is 2. The average molecular weight is 358 g/mol. The molecule has 1 aromatic rings. The molecule has 0 saturated heterocycles. The van der Waals surface area contributed by atoms with Crippen LogP contribution in [-0.2, 0) is 0 Å². The topological polar surface area (TPSA) is 61.7 Å². The van der Waals surface area contributed by atoms with E-state index in [4.69, 9.17) is 4.74 Å². The lowest BCUT2D eigenvalue weighted by atomic mass is 9.97. The minimum absolute atomic E-state index is 0.275. The molecule has 0 heterocycles. The van der Waals surface area contributed by atoms with Crippen LogP contribution in [0.2, 0.25) is 0 Å². The van der Waals surface area contributed by atoms with Gasteiger partial charge in [0.05, 0.1) is 0 Å². The summed E-state index contributed by atoms with van der Waals surface area (Å²) in [6.07, 6.45) is 2.96. The summed E-state index contributed by atoms with van der Waals surface area (Å²) in [5.74, 6) is 1.71. The molecule has 1 fully saturated rings. The first-order valence-corrected chi connectivity index (χ1v) is 8.36. The number of aliphatic hydroxyl groups excluding tert-OH is 2. The van der Waals surface area contributed by atoms with Gasteiger partial charge < -0.3 is 20.3 Å². The van der Waals surface area contributed by atoms with E-state index in [1.54, 1.807) is 0 Å².